The highest BCUT2D eigenvalue weighted by molar-refractivity contribution is 6.00. The molecular weight excluding hydrogens is 470 g/mol. The van der Waals surface area contributed by atoms with Gasteiger partial charge in [0.25, 0.3) is 0 Å². The third-order valence-corrected chi connectivity index (χ3v) is 7.85. The molecule has 5 nitrogen and oxygen atoms in total. The van der Waals surface area contributed by atoms with Crippen LogP contribution in [0, 0.1) is 6.92 Å². The van der Waals surface area contributed by atoms with Gasteiger partial charge in [-0.3, -0.25) is 0 Å². The van der Waals surface area contributed by atoms with E-state index >= 15 is 0 Å². The van der Waals surface area contributed by atoms with Crippen LogP contribution in [0.15, 0.2) is 91.1 Å². The Kier molecular flexibility index (Phi) is 5.79. The molecule has 0 N–H and O–H groups in total. The zero-order valence-electron chi connectivity index (χ0n) is 22.2. The van der Waals surface area contributed by atoms with Crippen LogP contribution in [0.4, 0.5) is 5.69 Å². The number of anilines is 1. The SMILES string of the molecule is CCN(CC)c1ccc(C2(c3c(-c4ccccc4)n(C)c4ccccc34)OC(=O)c3ncccc32)c(C)c1. The quantitative estimate of drug-likeness (QED) is 0.239. The lowest BCUT2D eigenvalue weighted by Gasteiger charge is -2.33. The Morgan fingerprint density at radius 2 is 1.63 bits per heavy atom. The lowest BCUT2D eigenvalue weighted by molar-refractivity contribution is 0.0253. The van der Waals surface area contributed by atoms with Crippen molar-refractivity contribution in [2.24, 2.45) is 7.05 Å². The van der Waals surface area contributed by atoms with E-state index in [1.54, 1.807) is 6.20 Å². The second-order valence-corrected chi connectivity index (χ2v) is 9.81. The van der Waals surface area contributed by atoms with Gasteiger partial charge in [0.1, 0.15) is 0 Å². The normalized spacial score (nSPS) is 16.5. The first-order valence-corrected chi connectivity index (χ1v) is 13.2. The first kappa shape index (κ1) is 24.0. The fraction of sp³-hybridized carbons (Fsp3) is 0.212. The number of aryl methyl sites for hydroxylation is 2. The summed E-state index contributed by atoms with van der Waals surface area (Å²) in [4.78, 5) is 20.3. The van der Waals surface area contributed by atoms with E-state index in [4.69, 9.17) is 4.74 Å². The molecule has 2 aromatic heterocycles. The number of nitrogens with zero attached hydrogens (tertiary/aromatic N) is 3. The third kappa shape index (κ3) is 3.38. The van der Waals surface area contributed by atoms with Gasteiger partial charge in [0.05, 0.1) is 5.69 Å². The summed E-state index contributed by atoms with van der Waals surface area (Å²) in [5.41, 5.74) is 7.26. The summed E-state index contributed by atoms with van der Waals surface area (Å²) in [6, 6.07) is 29.0. The average molecular weight is 502 g/mol. The van der Waals surface area contributed by atoms with Crippen LogP contribution in [0.5, 0.6) is 0 Å². The molecule has 3 heterocycles. The summed E-state index contributed by atoms with van der Waals surface area (Å²) in [6.07, 6.45) is 1.66. The Morgan fingerprint density at radius 3 is 2.37 bits per heavy atom. The van der Waals surface area contributed by atoms with E-state index < -0.39 is 11.6 Å². The average Bonchev–Trinajstić information content (AvgIpc) is 3.42. The van der Waals surface area contributed by atoms with Crippen LogP contribution in [-0.2, 0) is 17.4 Å². The molecular formula is C33H31N3O2. The minimum Gasteiger partial charge on any atom is -0.439 e. The predicted octanol–water partition coefficient (Wildman–Crippen LogP) is 6.86. The summed E-state index contributed by atoms with van der Waals surface area (Å²) < 4.78 is 8.79. The van der Waals surface area contributed by atoms with Gasteiger partial charge in [-0.15, -0.1) is 0 Å². The Labute approximate surface area is 223 Å². The van der Waals surface area contributed by atoms with Crippen molar-refractivity contribution >= 4 is 22.6 Å². The first-order valence-electron chi connectivity index (χ1n) is 13.2. The van der Waals surface area contributed by atoms with Crippen LogP contribution in [0.2, 0.25) is 0 Å². The maximum atomic E-state index is 13.5. The molecule has 0 saturated heterocycles. The molecule has 1 atom stereocenters. The molecule has 0 amide bonds. The number of carbonyl (C=O) groups excluding carboxylic acids is 1. The number of hydrogen-bond donors (Lipinski definition) is 0. The van der Waals surface area contributed by atoms with Crippen molar-refractivity contribution in [3.63, 3.8) is 0 Å². The van der Waals surface area contributed by atoms with Crippen molar-refractivity contribution < 1.29 is 9.53 Å². The summed E-state index contributed by atoms with van der Waals surface area (Å²) >= 11 is 0. The molecule has 0 fully saturated rings. The van der Waals surface area contributed by atoms with Gasteiger partial charge in [-0.25, -0.2) is 9.78 Å². The minimum absolute atomic E-state index is 0.367. The number of cyclic esters (lactones) is 1. The standard InChI is InChI=1S/C33H31N3O2/c1-5-36(6-2)24-18-19-26(22(3)21-24)33(27-16-12-20-34-30(27)32(37)38-33)29-25-15-10-11-17-28(25)35(4)31(29)23-13-8-7-9-14-23/h7-21H,5-6H2,1-4H3. The first-order chi connectivity index (χ1) is 18.5. The van der Waals surface area contributed by atoms with E-state index in [1.165, 1.54) is 0 Å². The van der Waals surface area contributed by atoms with Crippen molar-refractivity contribution in [2.75, 3.05) is 18.0 Å². The molecule has 0 radical (unpaired) electrons. The zero-order chi connectivity index (χ0) is 26.4. The number of carbonyl (C=O) groups is 1. The van der Waals surface area contributed by atoms with Crippen molar-refractivity contribution in [2.45, 2.75) is 26.4 Å². The molecule has 0 spiro atoms. The molecule has 1 unspecified atom stereocenters. The number of aromatic nitrogens is 2. The van der Waals surface area contributed by atoms with Crippen molar-refractivity contribution in [1.82, 2.24) is 9.55 Å². The highest BCUT2D eigenvalue weighted by Gasteiger charge is 2.53. The maximum Gasteiger partial charge on any atom is 0.358 e. The Balaban J connectivity index is 1.76. The number of para-hydroxylation sites is 1. The van der Waals surface area contributed by atoms with Gasteiger partial charge in [0, 0.05) is 59.6 Å². The molecule has 0 bridgehead atoms. The lowest BCUT2D eigenvalue weighted by Crippen LogP contribution is -2.31. The fourth-order valence-corrected chi connectivity index (χ4v) is 6.13. The molecule has 5 heteroatoms. The van der Waals surface area contributed by atoms with Crippen molar-refractivity contribution in [3.05, 3.63) is 119 Å². The van der Waals surface area contributed by atoms with E-state index in [9.17, 15) is 4.79 Å². The van der Waals surface area contributed by atoms with Gasteiger partial charge in [0.2, 0.25) is 0 Å². The topological polar surface area (TPSA) is 47.4 Å². The second kappa shape index (κ2) is 9.18. The van der Waals surface area contributed by atoms with Crippen molar-refractivity contribution in [3.8, 4) is 11.3 Å². The van der Waals surface area contributed by atoms with E-state index in [1.807, 2.05) is 42.5 Å². The smallest absolute Gasteiger partial charge is 0.358 e. The van der Waals surface area contributed by atoms with Crippen LogP contribution < -0.4 is 4.90 Å². The van der Waals surface area contributed by atoms with Crippen LogP contribution in [-0.4, -0.2) is 28.6 Å². The Hall–Kier alpha value is -4.38. The van der Waals surface area contributed by atoms with Gasteiger partial charge in [-0.2, -0.15) is 0 Å². The molecule has 6 rings (SSSR count). The van der Waals surface area contributed by atoms with Crippen LogP contribution in [0.25, 0.3) is 22.2 Å². The maximum absolute atomic E-state index is 13.5. The number of fused-ring (bicyclic) bond motifs is 2. The molecule has 5 aromatic rings. The number of pyridine rings is 1. The summed E-state index contributed by atoms with van der Waals surface area (Å²) in [5, 5.41) is 1.05. The van der Waals surface area contributed by atoms with Gasteiger partial charge < -0.3 is 14.2 Å². The van der Waals surface area contributed by atoms with Crippen LogP contribution in [0.1, 0.15) is 46.6 Å². The Morgan fingerprint density at radius 1 is 0.895 bits per heavy atom. The monoisotopic (exact) mass is 501 g/mol. The Bertz CT molecular complexity index is 1670. The molecule has 0 saturated carbocycles. The molecule has 190 valence electrons. The highest BCUT2D eigenvalue weighted by Crippen LogP contribution is 2.53. The van der Waals surface area contributed by atoms with E-state index in [2.05, 4.69) is 84.7 Å². The van der Waals surface area contributed by atoms with Crippen LogP contribution in [0.3, 0.4) is 0 Å². The second-order valence-electron chi connectivity index (χ2n) is 9.81. The molecule has 0 aliphatic carbocycles. The highest BCUT2D eigenvalue weighted by atomic mass is 16.6. The molecule has 3 aromatic carbocycles. The summed E-state index contributed by atoms with van der Waals surface area (Å²) in [5.74, 6) is -0.403. The van der Waals surface area contributed by atoms with Gasteiger partial charge >= 0.3 is 5.97 Å². The van der Waals surface area contributed by atoms with E-state index in [0.29, 0.717) is 5.69 Å². The fourth-order valence-electron chi connectivity index (χ4n) is 6.13. The van der Waals surface area contributed by atoms with E-state index in [-0.39, 0.29) is 0 Å². The molecule has 1 aliphatic heterocycles. The molecule has 1 aliphatic rings. The summed E-state index contributed by atoms with van der Waals surface area (Å²) in [6.45, 7) is 8.28. The van der Waals surface area contributed by atoms with E-state index in [0.717, 1.165) is 63.2 Å². The number of benzene rings is 3. The molecule has 38 heavy (non-hydrogen) atoms. The lowest BCUT2D eigenvalue weighted by atomic mass is 9.76. The minimum atomic E-state index is -1.15. The summed E-state index contributed by atoms with van der Waals surface area (Å²) in [7, 11) is 2.08. The van der Waals surface area contributed by atoms with Gasteiger partial charge in [-0.1, -0.05) is 60.7 Å². The van der Waals surface area contributed by atoms with Crippen molar-refractivity contribution in [1.29, 1.82) is 0 Å². The van der Waals surface area contributed by atoms with Gasteiger partial charge in [-0.05, 0) is 56.2 Å². The van der Waals surface area contributed by atoms with Gasteiger partial charge in [0.15, 0.2) is 11.3 Å². The number of esters is 1. The number of rotatable bonds is 6. The number of ether oxygens (including phenoxy) is 1. The largest absolute Gasteiger partial charge is 0.439 e. The number of hydrogen-bond acceptors (Lipinski definition) is 4. The predicted molar refractivity (Wildman–Crippen MR) is 153 cm³/mol. The third-order valence-electron chi connectivity index (χ3n) is 7.85. The van der Waals surface area contributed by atoms with Crippen LogP contribution >= 0.6 is 0 Å². The zero-order valence-corrected chi connectivity index (χ0v) is 22.2.